The zero-order valence-corrected chi connectivity index (χ0v) is 9.84. The third kappa shape index (κ3) is 3.00. The van der Waals surface area contributed by atoms with Crippen LogP contribution < -0.4 is 0 Å². The highest BCUT2D eigenvalue weighted by Gasteiger charge is 2.45. The predicted molar refractivity (Wildman–Crippen MR) is 59.7 cm³/mol. The Labute approximate surface area is 84.1 Å². The molecule has 0 aliphatic heterocycles. The zero-order chi connectivity index (χ0) is 9.84. The molecule has 0 heteroatoms. The molecule has 0 aromatic rings. The molecule has 1 aliphatic carbocycles. The van der Waals surface area contributed by atoms with E-state index < -0.39 is 0 Å². The van der Waals surface area contributed by atoms with Gasteiger partial charge in [0.2, 0.25) is 0 Å². The summed E-state index contributed by atoms with van der Waals surface area (Å²) in [5, 5.41) is 0. The Balaban J connectivity index is 2.15. The molecule has 0 saturated heterocycles. The van der Waals surface area contributed by atoms with Crippen LogP contribution in [0.15, 0.2) is 0 Å². The van der Waals surface area contributed by atoms with E-state index in [1.165, 1.54) is 32.1 Å². The van der Waals surface area contributed by atoms with Gasteiger partial charge >= 0.3 is 0 Å². The molecule has 1 fully saturated rings. The average Bonchev–Trinajstić information content (AvgIpc) is 2.73. The van der Waals surface area contributed by atoms with Crippen LogP contribution in [-0.4, -0.2) is 0 Å². The fourth-order valence-electron chi connectivity index (χ4n) is 2.57. The quantitative estimate of drug-likeness (QED) is 0.567. The second-order valence-electron chi connectivity index (χ2n) is 5.08. The van der Waals surface area contributed by atoms with Crippen molar-refractivity contribution in [1.29, 1.82) is 0 Å². The molecule has 0 aromatic carbocycles. The first-order valence-electron chi connectivity index (χ1n) is 6.20. The van der Waals surface area contributed by atoms with E-state index in [0.717, 1.165) is 23.7 Å². The number of unbranched alkanes of at least 4 members (excludes halogenated alkanes) is 1. The van der Waals surface area contributed by atoms with Gasteiger partial charge in [-0.1, -0.05) is 47.0 Å². The van der Waals surface area contributed by atoms with E-state index in [2.05, 4.69) is 27.7 Å². The summed E-state index contributed by atoms with van der Waals surface area (Å²) in [5.41, 5.74) is 0. The van der Waals surface area contributed by atoms with Crippen LogP contribution in [0, 0.1) is 23.7 Å². The molecule has 13 heavy (non-hydrogen) atoms. The average molecular weight is 182 g/mol. The van der Waals surface area contributed by atoms with Gasteiger partial charge in [0.05, 0.1) is 0 Å². The van der Waals surface area contributed by atoms with E-state index in [1.54, 1.807) is 0 Å². The molecule has 1 aliphatic rings. The Morgan fingerprint density at radius 3 is 2.38 bits per heavy atom. The molecular formula is C13H26. The maximum absolute atomic E-state index is 2.45. The summed E-state index contributed by atoms with van der Waals surface area (Å²) in [6.45, 7) is 9.48. The van der Waals surface area contributed by atoms with Crippen molar-refractivity contribution < 1.29 is 0 Å². The Kier molecular flexibility index (Phi) is 4.28. The lowest BCUT2D eigenvalue weighted by atomic mass is 9.99. The molecule has 0 bridgehead atoms. The highest BCUT2D eigenvalue weighted by Crippen LogP contribution is 2.52. The van der Waals surface area contributed by atoms with Crippen molar-refractivity contribution >= 4 is 0 Å². The van der Waals surface area contributed by atoms with E-state index in [0.29, 0.717) is 0 Å². The van der Waals surface area contributed by atoms with E-state index in [4.69, 9.17) is 0 Å². The summed E-state index contributed by atoms with van der Waals surface area (Å²) in [6, 6.07) is 0. The van der Waals surface area contributed by atoms with E-state index in [-0.39, 0.29) is 0 Å². The van der Waals surface area contributed by atoms with Crippen molar-refractivity contribution in [3.8, 4) is 0 Å². The van der Waals surface area contributed by atoms with Crippen molar-refractivity contribution in [2.45, 2.75) is 59.8 Å². The van der Waals surface area contributed by atoms with Gasteiger partial charge in [-0.2, -0.15) is 0 Å². The van der Waals surface area contributed by atoms with Crippen LogP contribution in [0.1, 0.15) is 59.8 Å². The second-order valence-corrected chi connectivity index (χ2v) is 5.08. The molecule has 78 valence electrons. The summed E-state index contributed by atoms with van der Waals surface area (Å²) >= 11 is 0. The number of hydrogen-bond donors (Lipinski definition) is 0. The first-order valence-corrected chi connectivity index (χ1v) is 6.20. The van der Waals surface area contributed by atoms with E-state index in [9.17, 15) is 0 Å². The Bertz CT molecular complexity index is 139. The molecule has 0 heterocycles. The molecule has 4 atom stereocenters. The Morgan fingerprint density at radius 1 is 1.15 bits per heavy atom. The summed E-state index contributed by atoms with van der Waals surface area (Å²) in [7, 11) is 0. The molecule has 4 unspecified atom stereocenters. The molecule has 0 nitrogen and oxygen atoms in total. The fourth-order valence-corrected chi connectivity index (χ4v) is 2.57. The van der Waals surface area contributed by atoms with Gasteiger partial charge in [0.25, 0.3) is 0 Å². The minimum Gasteiger partial charge on any atom is -0.0654 e. The fraction of sp³-hybridized carbons (Fsp3) is 1.00. The van der Waals surface area contributed by atoms with Crippen LogP contribution in [0.3, 0.4) is 0 Å². The monoisotopic (exact) mass is 182 g/mol. The van der Waals surface area contributed by atoms with Crippen molar-refractivity contribution in [1.82, 2.24) is 0 Å². The molecule has 0 amide bonds. The third-order valence-electron chi connectivity index (χ3n) is 4.02. The normalized spacial score (nSPS) is 34.6. The summed E-state index contributed by atoms with van der Waals surface area (Å²) in [6.07, 6.45) is 7.18. The van der Waals surface area contributed by atoms with Gasteiger partial charge in [-0.15, -0.1) is 0 Å². The van der Waals surface area contributed by atoms with E-state index >= 15 is 0 Å². The van der Waals surface area contributed by atoms with Gasteiger partial charge in [0, 0.05) is 0 Å². The van der Waals surface area contributed by atoms with Crippen LogP contribution in [-0.2, 0) is 0 Å². The molecular weight excluding hydrogens is 156 g/mol. The van der Waals surface area contributed by atoms with Crippen LogP contribution in [0.4, 0.5) is 0 Å². The Hall–Kier alpha value is 0. The highest BCUT2D eigenvalue weighted by molar-refractivity contribution is 4.94. The van der Waals surface area contributed by atoms with Gasteiger partial charge in [0.15, 0.2) is 0 Å². The lowest BCUT2D eigenvalue weighted by Gasteiger charge is -2.06. The molecule has 1 rings (SSSR count). The Morgan fingerprint density at radius 2 is 1.85 bits per heavy atom. The standard InChI is InChI=1S/C13H26/c1-5-7-8-12-11(4)13(12)9-10(3)6-2/h10-13H,5-9H2,1-4H3. The van der Waals surface area contributed by atoms with Gasteiger partial charge in [-0.3, -0.25) is 0 Å². The predicted octanol–water partition coefficient (Wildman–Crippen LogP) is 4.49. The van der Waals surface area contributed by atoms with Gasteiger partial charge in [-0.05, 0) is 36.5 Å². The maximum atomic E-state index is 2.45. The van der Waals surface area contributed by atoms with Crippen LogP contribution >= 0.6 is 0 Å². The second kappa shape index (κ2) is 5.02. The van der Waals surface area contributed by atoms with Gasteiger partial charge in [-0.25, -0.2) is 0 Å². The number of hydrogen-bond acceptors (Lipinski definition) is 0. The molecule has 0 aromatic heterocycles. The first kappa shape index (κ1) is 11.1. The third-order valence-corrected chi connectivity index (χ3v) is 4.02. The van der Waals surface area contributed by atoms with Crippen LogP contribution in [0.2, 0.25) is 0 Å². The largest absolute Gasteiger partial charge is 0.0654 e. The molecule has 0 N–H and O–H groups in total. The van der Waals surface area contributed by atoms with Crippen molar-refractivity contribution in [3.63, 3.8) is 0 Å². The molecule has 1 saturated carbocycles. The molecule has 0 radical (unpaired) electrons. The highest BCUT2D eigenvalue weighted by atomic mass is 14.5. The number of rotatable bonds is 6. The first-order chi connectivity index (χ1) is 6.20. The van der Waals surface area contributed by atoms with Gasteiger partial charge < -0.3 is 0 Å². The summed E-state index contributed by atoms with van der Waals surface area (Å²) in [4.78, 5) is 0. The van der Waals surface area contributed by atoms with Crippen molar-refractivity contribution in [2.24, 2.45) is 23.7 Å². The van der Waals surface area contributed by atoms with Crippen LogP contribution in [0.5, 0.6) is 0 Å². The van der Waals surface area contributed by atoms with Crippen LogP contribution in [0.25, 0.3) is 0 Å². The summed E-state index contributed by atoms with van der Waals surface area (Å²) < 4.78 is 0. The summed E-state index contributed by atoms with van der Waals surface area (Å²) in [5.74, 6) is 4.18. The minimum atomic E-state index is 0.957. The molecule has 0 spiro atoms. The van der Waals surface area contributed by atoms with E-state index in [1.807, 2.05) is 0 Å². The SMILES string of the molecule is CCCCC1C(C)C1CC(C)CC. The zero-order valence-electron chi connectivity index (χ0n) is 9.84. The lowest BCUT2D eigenvalue weighted by Crippen LogP contribution is -1.95. The lowest BCUT2D eigenvalue weighted by molar-refractivity contribution is 0.450. The topological polar surface area (TPSA) is 0 Å². The smallest absolute Gasteiger partial charge is 0.0352 e. The van der Waals surface area contributed by atoms with Gasteiger partial charge in [0.1, 0.15) is 0 Å². The van der Waals surface area contributed by atoms with Crippen molar-refractivity contribution in [2.75, 3.05) is 0 Å². The van der Waals surface area contributed by atoms with Crippen molar-refractivity contribution in [3.05, 3.63) is 0 Å². The maximum Gasteiger partial charge on any atom is -0.0352 e. The minimum absolute atomic E-state index is 0.957.